The minimum Gasteiger partial charge on any atom is -0.508 e. The summed E-state index contributed by atoms with van der Waals surface area (Å²) < 4.78 is 0. The molecule has 0 aromatic heterocycles. The monoisotopic (exact) mass is 542 g/mol. The van der Waals surface area contributed by atoms with Crippen LogP contribution in [0, 0.1) is 0 Å². The van der Waals surface area contributed by atoms with Gasteiger partial charge in [-0.3, -0.25) is 9.59 Å². The molecule has 0 aliphatic rings. The Morgan fingerprint density at radius 2 is 1.49 bits per heavy atom. The number of carboxylic acid groups (broad SMARTS) is 1. The number of phenols is 1. The fraction of sp³-hybridized carbons (Fsp3) is 0.129. The highest BCUT2D eigenvalue weighted by atomic mass is 35.5. The molecule has 0 heterocycles. The minimum atomic E-state index is -1.15. The second-order valence-corrected chi connectivity index (χ2v) is 9.45. The van der Waals surface area contributed by atoms with E-state index in [1.807, 2.05) is 48.5 Å². The number of hydrogen-bond donors (Lipinski definition) is 4. The predicted octanol–water partition coefficient (Wildman–Crippen LogP) is 5.71. The molecule has 0 saturated heterocycles. The van der Waals surface area contributed by atoms with Crippen LogP contribution in [0.2, 0.25) is 5.02 Å². The zero-order chi connectivity index (χ0) is 27.8. The topological polar surface area (TPSA) is 116 Å². The normalized spacial score (nSPS) is 11.4. The average Bonchev–Trinajstić information content (AvgIpc) is 2.93. The third kappa shape index (κ3) is 7.69. The van der Waals surface area contributed by atoms with Crippen molar-refractivity contribution in [1.82, 2.24) is 5.32 Å². The quantitative estimate of drug-likeness (QED) is 0.205. The van der Waals surface area contributed by atoms with Crippen LogP contribution in [-0.2, 0) is 22.4 Å². The molecule has 4 aromatic carbocycles. The van der Waals surface area contributed by atoms with Gasteiger partial charge in [0.05, 0.1) is 10.6 Å². The maximum Gasteiger partial charge on any atom is 0.326 e. The van der Waals surface area contributed by atoms with Crippen LogP contribution in [0.4, 0.5) is 5.69 Å². The minimum absolute atomic E-state index is 0.100. The Morgan fingerprint density at radius 3 is 2.18 bits per heavy atom. The van der Waals surface area contributed by atoms with E-state index < -0.39 is 17.9 Å². The van der Waals surface area contributed by atoms with E-state index in [1.165, 1.54) is 6.07 Å². The van der Waals surface area contributed by atoms with Crippen molar-refractivity contribution in [2.24, 2.45) is 0 Å². The first-order chi connectivity index (χ1) is 18.8. The van der Waals surface area contributed by atoms with Gasteiger partial charge in [-0.05, 0) is 65.1 Å². The van der Waals surface area contributed by atoms with Crippen LogP contribution < -0.4 is 10.6 Å². The van der Waals surface area contributed by atoms with Crippen LogP contribution in [0.15, 0.2) is 97.1 Å². The molecule has 7 nitrogen and oxygen atoms in total. The zero-order valence-corrected chi connectivity index (χ0v) is 21.7. The highest BCUT2D eigenvalue weighted by molar-refractivity contribution is 6.33. The van der Waals surface area contributed by atoms with Crippen molar-refractivity contribution in [2.45, 2.75) is 25.3 Å². The van der Waals surface area contributed by atoms with Gasteiger partial charge in [-0.25, -0.2) is 4.79 Å². The maximum absolute atomic E-state index is 12.5. The van der Waals surface area contributed by atoms with E-state index >= 15 is 0 Å². The third-order valence-corrected chi connectivity index (χ3v) is 6.50. The van der Waals surface area contributed by atoms with Gasteiger partial charge in [0.25, 0.3) is 5.91 Å². The number of rotatable bonds is 10. The smallest absolute Gasteiger partial charge is 0.326 e. The Hall–Kier alpha value is -4.62. The lowest BCUT2D eigenvalue weighted by Crippen LogP contribution is -2.42. The van der Waals surface area contributed by atoms with Crippen molar-refractivity contribution in [2.75, 3.05) is 5.32 Å². The summed E-state index contributed by atoms with van der Waals surface area (Å²) in [5.74, 6) is -1.62. The Labute approximate surface area is 231 Å². The van der Waals surface area contributed by atoms with Gasteiger partial charge in [-0.2, -0.15) is 0 Å². The Balaban J connectivity index is 1.37. The van der Waals surface area contributed by atoms with Crippen LogP contribution in [0.25, 0.3) is 11.1 Å². The zero-order valence-electron chi connectivity index (χ0n) is 20.9. The largest absolute Gasteiger partial charge is 0.508 e. The molecule has 0 aliphatic carbocycles. The Bertz CT molecular complexity index is 1470. The molecule has 0 spiro atoms. The number of aryl methyl sites for hydroxylation is 1. The molecule has 0 fully saturated rings. The summed E-state index contributed by atoms with van der Waals surface area (Å²) in [7, 11) is 0. The lowest BCUT2D eigenvalue weighted by Gasteiger charge is -2.15. The van der Waals surface area contributed by atoms with Crippen molar-refractivity contribution in [1.29, 1.82) is 0 Å². The molecule has 0 bridgehead atoms. The maximum atomic E-state index is 12.5. The molecular weight excluding hydrogens is 516 g/mol. The summed E-state index contributed by atoms with van der Waals surface area (Å²) in [6.45, 7) is 0. The van der Waals surface area contributed by atoms with Gasteiger partial charge in [-0.1, -0.05) is 72.3 Å². The second-order valence-electron chi connectivity index (χ2n) is 9.04. The summed E-state index contributed by atoms with van der Waals surface area (Å²) in [5, 5.41) is 24.7. The predicted molar refractivity (Wildman–Crippen MR) is 151 cm³/mol. The summed E-state index contributed by atoms with van der Waals surface area (Å²) in [6.07, 6.45) is 0.966. The Morgan fingerprint density at radius 1 is 0.795 bits per heavy atom. The summed E-state index contributed by atoms with van der Waals surface area (Å²) >= 11 is 6.06. The number of carboxylic acids is 1. The number of amides is 2. The number of benzene rings is 4. The van der Waals surface area contributed by atoms with Crippen LogP contribution >= 0.6 is 11.6 Å². The molecule has 8 heteroatoms. The first-order valence-electron chi connectivity index (χ1n) is 12.3. The number of aliphatic carboxylic acids is 1. The molecule has 2 amide bonds. The van der Waals surface area contributed by atoms with Crippen molar-refractivity contribution < 1.29 is 24.6 Å². The van der Waals surface area contributed by atoms with E-state index in [0.717, 1.165) is 22.3 Å². The van der Waals surface area contributed by atoms with Gasteiger partial charge < -0.3 is 20.8 Å². The van der Waals surface area contributed by atoms with E-state index in [4.69, 9.17) is 11.6 Å². The molecular formula is C31H27ClN2O5. The number of aromatic hydroxyl groups is 1. The van der Waals surface area contributed by atoms with E-state index in [0.29, 0.717) is 18.5 Å². The van der Waals surface area contributed by atoms with Gasteiger partial charge >= 0.3 is 5.97 Å². The Kier molecular flexibility index (Phi) is 8.97. The number of carbonyl (C=O) groups is 3. The third-order valence-electron chi connectivity index (χ3n) is 6.17. The molecule has 39 heavy (non-hydrogen) atoms. The number of phenolic OH excluding ortho intramolecular Hbond substituents is 1. The molecule has 0 radical (unpaired) electrons. The number of halogens is 1. The molecule has 0 aliphatic heterocycles. The molecule has 4 rings (SSSR count). The van der Waals surface area contributed by atoms with Gasteiger partial charge in [-0.15, -0.1) is 0 Å². The van der Waals surface area contributed by atoms with Gasteiger partial charge in [0.15, 0.2) is 0 Å². The number of hydrogen-bond acceptors (Lipinski definition) is 4. The van der Waals surface area contributed by atoms with Gasteiger partial charge in [0.1, 0.15) is 11.8 Å². The number of carbonyl (C=O) groups excluding carboxylic acids is 2. The molecule has 4 aromatic rings. The lowest BCUT2D eigenvalue weighted by atomic mass is 10.00. The van der Waals surface area contributed by atoms with E-state index in [1.54, 1.807) is 42.5 Å². The average molecular weight is 543 g/mol. The van der Waals surface area contributed by atoms with Crippen molar-refractivity contribution in [3.8, 4) is 16.9 Å². The molecule has 1 atom stereocenters. The lowest BCUT2D eigenvalue weighted by molar-refractivity contribution is -0.139. The fourth-order valence-corrected chi connectivity index (χ4v) is 4.29. The van der Waals surface area contributed by atoms with Crippen LogP contribution in [-0.4, -0.2) is 34.0 Å². The highest BCUT2D eigenvalue weighted by Crippen LogP contribution is 2.24. The summed E-state index contributed by atoms with van der Waals surface area (Å²) in [5.41, 5.74) is 4.37. The van der Waals surface area contributed by atoms with E-state index in [9.17, 15) is 24.6 Å². The van der Waals surface area contributed by atoms with E-state index in [-0.39, 0.29) is 28.7 Å². The molecule has 0 saturated carbocycles. The SMILES string of the molecule is O=C(CCc1ccc(O)cc1)Nc1cccc(-c2ccc(C[C@H](NC(=O)c3ccccc3Cl)C(=O)O)cc2)c1. The summed E-state index contributed by atoms with van der Waals surface area (Å²) in [4.78, 5) is 36.8. The molecule has 0 unspecified atom stereocenters. The van der Waals surface area contributed by atoms with Crippen molar-refractivity contribution in [3.05, 3.63) is 119 Å². The molecule has 4 N–H and O–H groups in total. The van der Waals surface area contributed by atoms with Crippen LogP contribution in [0.3, 0.4) is 0 Å². The number of nitrogens with one attached hydrogen (secondary N) is 2. The van der Waals surface area contributed by atoms with Crippen LogP contribution in [0.1, 0.15) is 27.9 Å². The highest BCUT2D eigenvalue weighted by Gasteiger charge is 2.22. The van der Waals surface area contributed by atoms with Gasteiger partial charge in [0, 0.05) is 18.5 Å². The first kappa shape index (κ1) is 27.4. The molecule has 198 valence electrons. The van der Waals surface area contributed by atoms with Crippen molar-refractivity contribution in [3.63, 3.8) is 0 Å². The summed E-state index contributed by atoms with van der Waals surface area (Å²) in [6, 6.07) is 26.9. The first-order valence-corrected chi connectivity index (χ1v) is 12.7. The van der Waals surface area contributed by atoms with E-state index in [2.05, 4.69) is 10.6 Å². The van der Waals surface area contributed by atoms with Crippen molar-refractivity contribution >= 4 is 35.1 Å². The number of anilines is 1. The van der Waals surface area contributed by atoms with Gasteiger partial charge in [0.2, 0.25) is 5.91 Å². The van der Waals surface area contributed by atoms with Crippen LogP contribution in [0.5, 0.6) is 5.75 Å². The second kappa shape index (κ2) is 12.8. The standard InChI is InChI=1S/C31H27ClN2O5/c32-27-7-2-1-6-26(27)30(37)34-28(31(38)39)18-21-8-13-22(14-9-21)23-4-3-5-24(19-23)33-29(36)17-12-20-10-15-25(35)16-11-20/h1-11,13-16,19,28,35H,12,17-18H2,(H,33,36)(H,34,37)(H,38,39)/t28-/m0/s1. The fourth-order valence-electron chi connectivity index (χ4n) is 4.07.